The Morgan fingerprint density at radius 3 is 2.80 bits per heavy atom. The lowest BCUT2D eigenvalue weighted by atomic mass is 10.2. The molecule has 0 fully saturated rings. The van der Waals surface area contributed by atoms with Crippen LogP contribution in [0.2, 0.25) is 0 Å². The Morgan fingerprint density at radius 1 is 1.33 bits per heavy atom. The van der Waals surface area contributed by atoms with Crippen molar-refractivity contribution >= 4 is 11.3 Å². The first-order chi connectivity index (χ1) is 7.36. The topological polar surface area (TPSA) is 24.9 Å². The average molecular weight is 218 g/mol. The van der Waals surface area contributed by atoms with Crippen molar-refractivity contribution in [2.24, 2.45) is 0 Å². The second kappa shape index (κ2) is 5.05. The highest BCUT2D eigenvalue weighted by atomic mass is 32.1. The molecule has 2 nitrogen and oxygen atoms in total. The smallest absolute Gasteiger partial charge is 0.0388 e. The molecule has 0 saturated carbocycles. The zero-order chi connectivity index (χ0) is 10.5. The molecule has 2 heterocycles. The number of hydrogen-bond acceptors (Lipinski definition) is 3. The number of hydrogen-bond donors (Lipinski definition) is 1. The molecular weight excluding hydrogens is 204 g/mol. The maximum absolute atomic E-state index is 4.00. The van der Waals surface area contributed by atoms with E-state index in [4.69, 9.17) is 0 Å². The minimum atomic E-state index is 0.415. The summed E-state index contributed by atoms with van der Waals surface area (Å²) in [6, 6.07) is 8.74. The quantitative estimate of drug-likeness (QED) is 0.853. The zero-order valence-electron chi connectivity index (χ0n) is 8.68. The number of aromatic nitrogens is 1. The Balaban J connectivity index is 1.89. The van der Waals surface area contributed by atoms with Crippen LogP contribution in [0.1, 0.15) is 23.4 Å². The van der Waals surface area contributed by atoms with Gasteiger partial charge in [-0.2, -0.15) is 0 Å². The number of nitrogens with zero attached hydrogens (tertiary/aromatic N) is 1. The Bertz CT molecular complexity index is 383. The summed E-state index contributed by atoms with van der Waals surface area (Å²) in [6.45, 7) is 3.08. The predicted octanol–water partition coefficient (Wildman–Crippen LogP) is 2.99. The lowest BCUT2D eigenvalue weighted by Gasteiger charge is -2.11. The van der Waals surface area contributed by atoms with E-state index in [1.807, 2.05) is 24.5 Å². The van der Waals surface area contributed by atoms with Crippen molar-refractivity contribution in [2.45, 2.75) is 19.5 Å². The summed E-state index contributed by atoms with van der Waals surface area (Å²) in [7, 11) is 0. The molecule has 2 aromatic heterocycles. The number of nitrogens with one attached hydrogen (secondary N) is 1. The van der Waals surface area contributed by atoms with E-state index in [2.05, 4.69) is 34.7 Å². The summed E-state index contributed by atoms with van der Waals surface area (Å²) in [5.41, 5.74) is 1.27. The average Bonchev–Trinajstić information content (AvgIpc) is 2.81. The first-order valence-electron chi connectivity index (χ1n) is 5.02. The molecule has 1 N–H and O–H groups in total. The van der Waals surface area contributed by atoms with Crippen LogP contribution in [0.25, 0.3) is 0 Å². The molecule has 0 aliphatic heterocycles. The van der Waals surface area contributed by atoms with E-state index in [0.29, 0.717) is 6.04 Å². The van der Waals surface area contributed by atoms with Crippen LogP contribution in [0.4, 0.5) is 0 Å². The fourth-order valence-corrected chi connectivity index (χ4v) is 2.17. The van der Waals surface area contributed by atoms with Gasteiger partial charge in [-0.3, -0.25) is 4.98 Å². The van der Waals surface area contributed by atoms with Gasteiger partial charge >= 0.3 is 0 Å². The Morgan fingerprint density at radius 2 is 2.13 bits per heavy atom. The molecule has 3 heteroatoms. The van der Waals surface area contributed by atoms with Gasteiger partial charge in [0.25, 0.3) is 0 Å². The van der Waals surface area contributed by atoms with Gasteiger partial charge in [0.2, 0.25) is 0 Å². The lowest BCUT2D eigenvalue weighted by Crippen LogP contribution is -2.16. The Labute approximate surface area is 94.0 Å². The molecule has 15 heavy (non-hydrogen) atoms. The summed E-state index contributed by atoms with van der Waals surface area (Å²) in [5.74, 6) is 0. The van der Waals surface area contributed by atoms with Gasteiger partial charge in [-0.15, -0.1) is 11.3 Å². The maximum Gasteiger partial charge on any atom is 0.0388 e. The van der Waals surface area contributed by atoms with E-state index in [9.17, 15) is 0 Å². The molecule has 1 atom stereocenters. The second-order valence-electron chi connectivity index (χ2n) is 3.47. The van der Waals surface area contributed by atoms with E-state index < -0.39 is 0 Å². The van der Waals surface area contributed by atoms with E-state index in [1.165, 1.54) is 10.4 Å². The molecule has 0 aromatic carbocycles. The van der Waals surface area contributed by atoms with Crippen molar-refractivity contribution < 1.29 is 0 Å². The lowest BCUT2D eigenvalue weighted by molar-refractivity contribution is 0.582. The fraction of sp³-hybridized carbons (Fsp3) is 0.250. The first kappa shape index (κ1) is 10.3. The molecule has 2 rings (SSSR count). The fourth-order valence-electron chi connectivity index (χ4n) is 1.41. The highest BCUT2D eigenvalue weighted by molar-refractivity contribution is 7.10. The highest BCUT2D eigenvalue weighted by Gasteiger charge is 2.04. The van der Waals surface area contributed by atoms with E-state index in [0.717, 1.165) is 6.54 Å². The second-order valence-corrected chi connectivity index (χ2v) is 4.45. The van der Waals surface area contributed by atoms with Crippen LogP contribution in [-0.4, -0.2) is 4.98 Å². The number of thiophene rings is 1. The maximum atomic E-state index is 4.00. The van der Waals surface area contributed by atoms with Gasteiger partial charge < -0.3 is 5.32 Å². The molecule has 78 valence electrons. The molecule has 0 amide bonds. The van der Waals surface area contributed by atoms with Gasteiger partial charge in [-0.05, 0) is 36.1 Å². The van der Waals surface area contributed by atoms with Gasteiger partial charge in [0.1, 0.15) is 0 Å². The van der Waals surface area contributed by atoms with Crippen LogP contribution >= 0.6 is 11.3 Å². The van der Waals surface area contributed by atoms with Gasteiger partial charge in [0, 0.05) is 29.9 Å². The SMILES string of the molecule is C[C@H](NCc1ccncc1)c1cccs1. The highest BCUT2D eigenvalue weighted by Crippen LogP contribution is 2.18. The molecule has 0 aliphatic carbocycles. The Kier molecular flexibility index (Phi) is 3.48. The van der Waals surface area contributed by atoms with Gasteiger partial charge in [-0.1, -0.05) is 6.07 Å². The molecular formula is C12H14N2S. The van der Waals surface area contributed by atoms with E-state index >= 15 is 0 Å². The monoisotopic (exact) mass is 218 g/mol. The predicted molar refractivity (Wildman–Crippen MR) is 63.8 cm³/mol. The van der Waals surface area contributed by atoms with Crippen molar-refractivity contribution in [3.63, 3.8) is 0 Å². The van der Waals surface area contributed by atoms with Crippen LogP contribution in [0.15, 0.2) is 42.0 Å². The summed E-state index contributed by atoms with van der Waals surface area (Å²) in [4.78, 5) is 5.38. The summed E-state index contributed by atoms with van der Waals surface area (Å²) >= 11 is 1.79. The largest absolute Gasteiger partial charge is 0.305 e. The molecule has 0 saturated heterocycles. The van der Waals surface area contributed by atoms with Crippen molar-refractivity contribution in [3.8, 4) is 0 Å². The third-order valence-electron chi connectivity index (χ3n) is 2.33. The van der Waals surface area contributed by atoms with Crippen molar-refractivity contribution in [1.29, 1.82) is 0 Å². The summed E-state index contributed by atoms with van der Waals surface area (Å²) in [5, 5.41) is 5.59. The van der Waals surface area contributed by atoms with E-state index in [-0.39, 0.29) is 0 Å². The third-order valence-corrected chi connectivity index (χ3v) is 3.39. The molecule has 2 aromatic rings. The normalized spacial score (nSPS) is 12.6. The minimum absolute atomic E-state index is 0.415. The van der Waals surface area contributed by atoms with Crippen molar-refractivity contribution in [1.82, 2.24) is 10.3 Å². The molecule has 0 bridgehead atoms. The van der Waals surface area contributed by atoms with Gasteiger partial charge in [0.05, 0.1) is 0 Å². The van der Waals surface area contributed by atoms with Gasteiger partial charge in [-0.25, -0.2) is 0 Å². The minimum Gasteiger partial charge on any atom is -0.305 e. The number of pyridine rings is 1. The number of rotatable bonds is 4. The van der Waals surface area contributed by atoms with Crippen molar-refractivity contribution in [2.75, 3.05) is 0 Å². The first-order valence-corrected chi connectivity index (χ1v) is 5.90. The van der Waals surface area contributed by atoms with E-state index in [1.54, 1.807) is 11.3 Å². The summed E-state index contributed by atoms with van der Waals surface area (Å²) in [6.07, 6.45) is 3.65. The third kappa shape index (κ3) is 2.88. The van der Waals surface area contributed by atoms with Crippen LogP contribution in [0.5, 0.6) is 0 Å². The summed E-state index contributed by atoms with van der Waals surface area (Å²) < 4.78 is 0. The van der Waals surface area contributed by atoms with Crippen LogP contribution in [0.3, 0.4) is 0 Å². The molecule has 0 unspecified atom stereocenters. The van der Waals surface area contributed by atoms with Crippen LogP contribution in [-0.2, 0) is 6.54 Å². The molecule has 0 spiro atoms. The zero-order valence-corrected chi connectivity index (χ0v) is 9.50. The molecule has 0 aliphatic rings. The van der Waals surface area contributed by atoms with Crippen LogP contribution in [0, 0.1) is 0 Å². The van der Waals surface area contributed by atoms with Gasteiger partial charge in [0.15, 0.2) is 0 Å². The molecule has 0 radical (unpaired) electrons. The van der Waals surface area contributed by atoms with Crippen molar-refractivity contribution in [3.05, 3.63) is 52.5 Å². The standard InChI is InChI=1S/C12H14N2S/c1-10(12-3-2-8-15-12)14-9-11-4-6-13-7-5-11/h2-8,10,14H,9H2,1H3/t10-/m0/s1. The van der Waals surface area contributed by atoms with Crippen LogP contribution < -0.4 is 5.32 Å². The Hall–Kier alpha value is -1.19.